The molecular weight excluding hydrogens is 168 g/mol. The quantitative estimate of drug-likeness (QED) is 0.576. The van der Waals surface area contributed by atoms with Crippen LogP contribution in [0, 0.1) is 5.92 Å². The van der Waals surface area contributed by atoms with Crippen molar-refractivity contribution < 1.29 is 14.3 Å². The molecule has 2 aliphatic carbocycles. The van der Waals surface area contributed by atoms with Crippen molar-refractivity contribution in [3.05, 3.63) is 0 Å². The van der Waals surface area contributed by atoms with Crippen LogP contribution in [0.15, 0.2) is 0 Å². The van der Waals surface area contributed by atoms with Gasteiger partial charge in [0.2, 0.25) is 0 Å². The monoisotopic (exact) mass is 182 g/mol. The third-order valence-electron chi connectivity index (χ3n) is 3.24. The van der Waals surface area contributed by atoms with Gasteiger partial charge in [0.25, 0.3) is 0 Å². The summed E-state index contributed by atoms with van der Waals surface area (Å²) in [5.41, 5.74) is -0.690. The average molecular weight is 182 g/mol. The molecule has 0 unspecified atom stereocenters. The van der Waals surface area contributed by atoms with Crippen molar-refractivity contribution >= 4 is 11.8 Å². The molecule has 3 heteroatoms. The zero-order valence-corrected chi connectivity index (χ0v) is 7.84. The van der Waals surface area contributed by atoms with E-state index in [-0.39, 0.29) is 11.8 Å². The third kappa shape index (κ3) is 1.18. The van der Waals surface area contributed by atoms with Gasteiger partial charge in [-0.3, -0.25) is 9.59 Å². The highest BCUT2D eigenvalue weighted by Crippen LogP contribution is 2.48. The molecule has 2 saturated carbocycles. The second kappa shape index (κ2) is 2.82. The number of ether oxygens (including phenoxy) is 1. The molecule has 0 saturated heterocycles. The first-order valence-corrected chi connectivity index (χ1v) is 4.88. The molecule has 2 fully saturated rings. The van der Waals surface area contributed by atoms with Gasteiger partial charge in [-0.2, -0.15) is 0 Å². The van der Waals surface area contributed by atoms with Gasteiger partial charge in [-0.25, -0.2) is 0 Å². The van der Waals surface area contributed by atoms with Crippen molar-refractivity contribution in [3.63, 3.8) is 0 Å². The lowest BCUT2D eigenvalue weighted by Crippen LogP contribution is -2.60. The number of hydrogen-bond acceptors (Lipinski definition) is 3. The van der Waals surface area contributed by atoms with Crippen LogP contribution in [0.2, 0.25) is 0 Å². The standard InChI is InChI=1S/C10H14O3/c1-7(11)13-10-5-3-2-4-8(10)6-9(10)12/h8H,2-6H2,1H3/t8-,10+/m1/s1. The Kier molecular flexibility index (Phi) is 1.90. The van der Waals surface area contributed by atoms with Crippen LogP contribution in [-0.4, -0.2) is 17.4 Å². The molecule has 0 spiro atoms. The fourth-order valence-electron chi connectivity index (χ4n) is 2.56. The van der Waals surface area contributed by atoms with Crippen molar-refractivity contribution in [2.45, 2.75) is 44.6 Å². The SMILES string of the molecule is CC(=O)O[C@@]12CCCC[C@@H]1CC2=O. The van der Waals surface area contributed by atoms with Crippen molar-refractivity contribution in [1.29, 1.82) is 0 Å². The van der Waals surface area contributed by atoms with Gasteiger partial charge in [0.15, 0.2) is 11.4 Å². The van der Waals surface area contributed by atoms with Crippen LogP contribution >= 0.6 is 0 Å². The smallest absolute Gasteiger partial charge is 0.303 e. The van der Waals surface area contributed by atoms with E-state index in [1.807, 2.05) is 0 Å². The van der Waals surface area contributed by atoms with E-state index in [9.17, 15) is 9.59 Å². The number of fused-ring (bicyclic) bond motifs is 1. The maximum absolute atomic E-state index is 11.4. The second-order valence-corrected chi connectivity index (χ2v) is 4.05. The molecule has 13 heavy (non-hydrogen) atoms. The molecule has 72 valence electrons. The summed E-state index contributed by atoms with van der Waals surface area (Å²) in [4.78, 5) is 22.3. The first-order chi connectivity index (χ1) is 6.15. The summed E-state index contributed by atoms with van der Waals surface area (Å²) >= 11 is 0. The molecule has 2 aliphatic rings. The normalized spacial score (nSPS) is 37.6. The third-order valence-corrected chi connectivity index (χ3v) is 3.24. The molecule has 3 nitrogen and oxygen atoms in total. The Bertz CT molecular complexity index is 259. The molecule has 0 radical (unpaired) electrons. The van der Waals surface area contributed by atoms with Crippen molar-refractivity contribution in [2.75, 3.05) is 0 Å². The predicted molar refractivity (Wildman–Crippen MR) is 46.1 cm³/mol. The average Bonchev–Trinajstić information content (AvgIpc) is 2.06. The molecule has 0 aliphatic heterocycles. The number of Topliss-reactive ketones (excluding diaryl/α,β-unsaturated/α-hetero) is 1. The lowest BCUT2D eigenvalue weighted by molar-refractivity contribution is -0.192. The predicted octanol–water partition coefficient (Wildman–Crippen LogP) is 1.45. The van der Waals surface area contributed by atoms with Gasteiger partial charge in [-0.15, -0.1) is 0 Å². The van der Waals surface area contributed by atoms with Crippen LogP contribution in [0.3, 0.4) is 0 Å². The summed E-state index contributed by atoms with van der Waals surface area (Å²) in [5.74, 6) is 0.130. The number of carbonyl (C=O) groups is 2. The summed E-state index contributed by atoms with van der Waals surface area (Å²) in [6.45, 7) is 1.38. The molecule has 0 aromatic rings. The molecule has 0 N–H and O–H groups in total. The zero-order chi connectivity index (χ0) is 9.47. The number of hydrogen-bond donors (Lipinski definition) is 0. The maximum atomic E-state index is 11.4. The van der Waals surface area contributed by atoms with Crippen molar-refractivity contribution in [2.24, 2.45) is 5.92 Å². The molecule has 2 rings (SSSR count). The first-order valence-electron chi connectivity index (χ1n) is 4.88. The van der Waals surface area contributed by atoms with Gasteiger partial charge in [0.05, 0.1) is 0 Å². The first kappa shape index (κ1) is 8.73. The molecule has 0 amide bonds. The van der Waals surface area contributed by atoms with E-state index < -0.39 is 5.60 Å². The number of carbonyl (C=O) groups excluding carboxylic acids is 2. The van der Waals surface area contributed by atoms with Gasteiger partial charge >= 0.3 is 5.97 Å². The van der Waals surface area contributed by atoms with E-state index in [4.69, 9.17) is 4.74 Å². The van der Waals surface area contributed by atoms with E-state index >= 15 is 0 Å². The van der Waals surface area contributed by atoms with E-state index in [0.29, 0.717) is 12.3 Å². The van der Waals surface area contributed by atoms with Crippen molar-refractivity contribution in [3.8, 4) is 0 Å². The zero-order valence-electron chi connectivity index (χ0n) is 7.84. The van der Waals surface area contributed by atoms with Crippen LogP contribution in [0.25, 0.3) is 0 Å². The van der Waals surface area contributed by atoms with E-state index in [1.165, 1.54) is 13.3 Å². The van der Waals surface area contributed by atoms with Crippen molar-refractivity contribution in [1.82, 2.24) is 0 Å². The fourth-order valence-corrected chi connectivity index (χ4v) is 2.56. The number of ketones is 1. The van der Waals surface area contributed by atoms with Gasteiger partial charge in [0.1, 0.15) is 0 Å². The molecular formula is C10H14O3. The van der Waals surface area contributed by atoms with Crippen LogP contribution in [-0.2, 0) is 14.3 Å². The highest BCUT2D eigenvalue weighted by molar-refractivity contribution is 5.96. The topological polar surface area (TPSA) is 43.4 Å². The molecule has 0 aromatic carbocycles. The van der Waals surface area contributed by atoms with E-state index in [2.05, 4.69) is 0 Å². The minimum atomic E-state index is -0.690. The van der Waals surface area contributed by atoms with Gasteiger partial charge in [-0.05, 0) is 19.3 Å². The highest BCUT2D eigenvalue weighted by atomic mass is 16.6. The minimum absolute atomic E-state index is 0.132. The minimum Gasteiger partial charge on any atom is -0.451 e. The Hall–Kier alpha value is -0.860. The highest BCUT2D eigenvalue weighted by Gasteiger charge is 2.58. The summed E-state index contributed by atoms with van der Waals surface area (Å²) in [6, 6.07) is 0. The van der Waals surface area contributed by atoms with Crippen LogP contribution < -0.4 is 0 Å². The summed E-state index contributed by atoms with van der Waals surface area (Å²) in [7, 11) is 0. The largest absolute Gasteiger partial charge is 0.451 e. The lowest BCUT2D eigenvalue weighted by atomic mass is 9.60. The van der Waals surface area contributed by atoms with Gasteiger partial charge in [-0.1, -0.05) is 6.42 Å². The van der Waals surface area contributed by atoms with E-state index in [1.54, 1.807) is 0 Å². The molecule has 0 aromatic heterocycles. The Balaban J connectivity index is 2.15. The molecule has 0 bridgehead atoms. The Morgan fingerprint density at radius 3 is 2.85 bits per heavy atom. The molecule has 2 atom stereocenters. The molecule has 0 heterocycles. The number of rotatable bonds is 1. The Morgan fingerprint density at radius 1 is 1.54 bits per heavy atom. The van der Waals surface area contributed by atoms with Crippen LogP contribution in [0.5, 0.6) is 0 Å². The Labute approximate surface area is 77.4 Å². The summed E-state index contributed by atoms with van der Waals surface area (Å²) in [5, 5.41) is 0. The van der Waals surface area contributed by atoms with E-state index in [0.717, 1.165) is 19.3 Å². The second-order valence-electron chi connectivity index (χ2n) is 4.05. The number of esters is 1. The Morgan fingerprint density at radius 2 is 2.31 bits per heavy atom. The fraction of sp³-hybridized carbons (Fsp3) is 0.800. The van der Waals surface area contributed by atoms with Gasteiger partial charge in [0, 0.05) is 19.3 Å². The van der Waals surface area contributed by atoms with Crippen LogP contribution in [0.4, 0.5) is 0 Å². The summed E-state index contributed by atoms with van der Waals surface area (Å²) in [6.07, 6.45) is 4.58. The summed E-state index contributed by atoms with van der Waals surface area (Å²) < 4.78 is 5.20. The van der Waals surface area contributed by atoms with Gasteiger partial charge < -0.3 is 4.74 Å². The van der Waals surface area contributed by atoms with Crippen LogP contribution in [0.1, 0.15) is 39.0 Å². The lowest BCUT2D eigenvalue weighted by Gasteiger charge is -2.49. The maximum Gasteiger partial charge on any atom is 0.303 e.